The number of hydrazine groups is 1. The first kappa shape index (κ1) is 27.1. The first-order valence-electron chi connectivity index (χ1n) is 12.0. The number of hydrogen-bond donors (Lipinski definition) is 1. The van der Waals surface area contributed by atoms with Crippen molar-refractivity contribution < 1.29 is 27.5 Å². The Morgan fingerprint density at radius 2 is 1.92 bits per heavy atom. The van der Waals surface area contributed by atoms with Gasteiger partial charge in [-0.25, -0.2) is 14.8 Å². The van der Waals surface area contributed by atoms with Crippen LogP contribution in [0.5, 0.6) is 5.75 Å². The molecular formula is C25H23Cl2F3N6O3. The van der Waals surface area contributed by atoms with Gasteiger partial charge < -0.3 is 14.1 Å². The number of rotatable bonds is 5. The summed E-state index contributed by atoms with van der Waals surface area (Å²) in [5.41, 5.74) is 4.86. The van der Waals surface area contributed by atoms with E-state index in [4.69, 9.17) is 32.8 Å². The number of ether oxygens (including phenoxy) is 1. The highest BCUT2D eigenvalue weighted by molar-refractivity contribution is 6.30. The van der Waals surface area contributed by atoms with Crippen LogP contribution in [0.25, 0.3) is 5.69 Å². The second-order valence-corrected chi connectivity index (χ2v) is 9.79. The number of halogens is 5. The topological polar surface area (TPSA) is 84.2 Å². The summed E-state index contributed by atoms with van der Waals surface area (Å²) in [5, 5.41) is 3.48. The Morgan fingerprint density at radius 1 is 1.15 bits per heavy atom. The van der Waals surface area contributed by atoms with E-state index in [-0.39, 0.29) is 11.9 Å². The van der Waals surface area contributed by atoms with Gasteiger partial charge in [0.2, 0.25) is 5.96 Å². The molecule has 0 saturated carbocycles. The molecule has 0 aliphatic carbocycles. The fraction of sp³-hybridized carbons (Fsp3) is 0.320. The third kappa shape index (κ3) is 5.77. The molecule has 5 rings (SSSR count). The van der Waals surface area contributed by atoms with Crippen molar-refractivity contribution in [3.8, 4) is 11.4 Å². The largest absolute Gasteiger partial charge is 0.494 e. The van der Waals surface area contributed by atoms with Crippen LogP contribution in [0, 0.1) is 0 Å². The molecule has 39 heavy (non-hydrogen) atoms. The highest BCUT2D eigenvalue weighted by Gasteiger charge is 2.50. The molecule has 9 nitrogen and oxygen atoms in total. The van der Waals surface area contributed by atoms with Crippen molar-refractivity contribution in [1.82, 2.24) is 25.0 Å². The van der Waals surface area contributed by atoms with Crippen molar-refractivity contribution in [3.05, 3.63) is 70.7 Å². The number of nitrogens with zero attached hydrogens (tertiary/aromatic N) is 5. The van der Waals surface area contributed by atoms with Gasteiger partial charge in [0.15, 0.2) is 0 Å². The van der Waals surface area contributed by atoms with E-state index in [1.54, 1.807) is 46.1 Å². The van der Waals surface area contributed by atoms with Crippen molar-refractivity contribution in [2.24, 2.45) is 4.99 Å². The summed E-state index contributed by atoms with van der Waals surface area (Å²) in [6.45, 7) is 0.498. The third-order valence-corrected chi connectivity index (χ3v) is 6.92. The van der Waals surface area contributed by atoms with Crippen LogP contribution < -0.4 is 10.2 Å². The first-order chi connectivity index (χ1) is 18.6. The lowest BCUT2D eigenvalue weighted by atomic mass is 9.91. The highest BCUT2D eigenvalue weighted by atomic mass is 35.5. The van der Waals surface area contributed by atoms with Crippen molar-refractivity contribution in [3.63, 3.8) is 0 Å². The normalized spacial score (nSPS) is 20.9. The predicted octanol–water partition coefficient (Wildman–Crippen LogP) is 5.61. The first-order valence-corrected chi connectivity index (χ1v) is 12.7. The Hall–Kier alpha value is -3.48. The van der Waals surface area contributed by atoms with Crippen LogP contribution in [0.4, 0.5) is 18.9 Å². The summed E-state index contributed by atoms with van der Waals surface area (Å²) >= 11 is 12.0. The zero-order chi connectivity index (χ0) is 27.7. The van der Waals surface area contributed by atoms with Crippen LogP contribution in [0.1, 0.15) is 30.7 Å². The number of fused-ring (bicyclic) bond motifs is 1. The van der Waals surface area contributed by atoms with Gasteiger partial charge in [-0.2, -0.15) is 23.2 Å². The average molecular weight is 583 g/mol. The molecule has 2 fully saturated rings. The molecule has 206 valence electrons. The number of carbonyl (C=O) groups is 1. The second-order valence-electron chi connectivity index (χ2n) is 8.97. The summed E-state index contributed by atoms with van der Waals surface area (Å²) in [6.07, 6.45) is -0.623. The monoisotopic (exact) mass is 582 g/mol. The van der Waals surface area contributed by atoms with Gasteiger partial charge in [0.05, 0.1) is 18.5 Å². The van der Waals surface area contributed by atoms with E-state index in [1.807, 2.05) is 12.1 Å². The second kappa shape index (κ2) is 10.9. The number of nitrogens with one attached hydrogen (secondary N) is 1. The Morgan fingerprint density at radius 3 is 2.59 bits per heavy atom. The summed E-state index contributed by atoms with van der Waals surface area (Å²) < 4.78 is 47.1. The minimum absolute atomic E-state index is 0.0704. The fourth-order valence-corrected chi connectivity index (χ4v) is 5.00. The maximum Gasteiger partial charge on any atom is 0.493 e. The molecule has 3 aromatic rings. The number of aliphatic imine (C=N–C) groups is 1. The fourth-order valence-electron chi connectivity index (χ4n) is 4.72. The molecule has 0 amide bonds. The van der Waals surface area contributed by atoms with E-state index >= 15 is 0 Å². The van der Waals surface area contributed by atoms with E-state index in [0.29, 0.717) is 40.3 Å². The van der Waals surface area contributed by atoms with Crippen molar-refractivity contribution in [2.75, 3.05) is 13.7 Å². The lowest BCUT2D eigenvalue weighted by Crippen LogP contribution is -2.46. The Kier molecular flexibility index (Phi) is 7.61. The van der Waals surface area contributed by atoms with Gasteiger partial charge in [0, 0.05) is 29.7 Å². The Labute approximate surface area is 231 Å². The Balaban J connectivity index is 1.54. The summed E-state index contributed by atoms with van der Waals surface area (Å²) in [5.74, 6) is -2.31. The predicted molar refractivity (Wildman–Crippen MR) is 138 cm³/mol. The van der Waals surface area contributed by atoms with Gasteiger partial charge in [0.1, 0.15) is 23.4 Å². The number of benzene rings is 2. The molecule has 3 heterocycles. The summed E-state index contributed by atoms with van der Waals surface area (Å²) in [7, 11) is 1.47. The zero-order valence-corrected chi connectivity index (χ0v) is 22.0. The molecule has 1 aromatic heterocycles. The van der Waals surface area contributed by atoms with Crippen LogP contribution in [0.2, 0.25) is 10.2 Å². The molecule has 0 bridgehead atoms. The van der Waals surface area contributed by atoms with Crippen LogP contribution in [-0.2, 0) is 9.63 Å². The van der Waals surface area contributed by atoms with Gasteiger partial charge >= 0.3 is 12.1 Å². The number of aromatic nitrogens is 2. The number of carbonyl (C=O) groups excluding carboxylic acids is 1. The van der Waals surface area contributed by atoms with E-state index in [1.165, 1.54) is 13.4 Å². The number of imidazole rings is 1. The smallest absolute Gasteiger partial charge is 0.493 e. The van der Waals surface area contributed by atoms with Crippen molar-refractivity contribution >= 4 is 40.8 Å². The molecule has 2 saturated heterocycles. The Bertz CT molecular complexity index is 1380. The molecule has 2 aromatic carbocycles. The minimum Gasteiger partial charge on any atom is -0.494 e. The van der Waals surface area contributed by atoms with Gasteiger partial charge in [0.25, 0.3) is 0 Å². The van der Waals surface area contributed by atoms with Gasteiger partial charge in [-0.1, -0.05) is 41.8 Å². The molecule has 1 N–H and O–H groups in total. The van der Waals surface area contributed by atoms with Gasteiger partial charge in [-0.05, 0) is 42.7 Å². The molecule has 2 aliphatic heterocycles. The zero-order valence-electron chi connectivity index (χ0n) is 20.5. The number of hydrogen-bond acceptors (Lipinski definition) is 6. The molecule has 2 atom stereocenters. The van der Waals surface area contributed by atoms with Gasteiger partial charge in [-0.15, -0.1) is 0 Å². The SMILES string of the molecule is COc1cc(N=C2NN3CCCCC(c4ccc(Cl)cc4)C3N2OC(=O)C(F)(F)F)ccc1-n1cnc(Cl)c1. The van der Waals surface area contributed by atoms with Crippen LogP contribution >= 0.6 is 23.2 Å². The number of alkyl halides is 3. The summed E-state index contributed by atoms with van der Waals surface area (Å²) in [4.78, 5) is 25.5. The summed E-state index contributed by atoms with van der Waals surface area (Å²) in [6, 6.07) is 12.0. The quantitative estimate of drug-likeness (QED) is 0.418. The van der Waals surface area contributed by atoms with Gasteiger partial charge in [-0.3, -0.25) is 5.43 Å². The van der Waals surface area contributed by atoms with E-state index < -0.39 is 18.3 Å². The van der Waals surface area contributed by atoms with Crippen LogP contribution in [-0.4, -0.2) is 57.5 Å². The molecule has 0 spiro atoms. The number of guanidine groups is 1. The van der Waals surface area contributed by atoms with Crippen LogP contribution in [0.3, 0.4) is 0 Å². The van der Waals surface area contributed by atoms with Crippen molar-refractivity contribution in [1.29, 1.82) is 0 Å². The lowest BCUT2D eigenvalue weighted by molar-refractivity contribution is -0.234. The molecule has 0 radical (unpaired) electrons. The minimum atomic E-state index is -5.20. The van der Waals surface area contributed by atoms with E-state index in [0.717, 1.165) is 23.5 Å². The maximum absolute atomic E-state index is 13.3. The highest BCUT2D eigenvalue weighted by Crippen LogP contribution is 2.38. The third-order valence-electron chi connectivity index (χ3n) is 6.47. The molecule has 2 aliphatic rings. The van der Waals surface area contributed by atoms with Crippen molar-refractivity contribution in [2.45, 2.75) is 37.5 Å². The van der Waals surface area contributed by atoms with Crippen LogP contribution in [0.15, 0.2) is 60.0 Å². The molecule has 2 unspecified atom stereocenters. The van der Waals surface area contributed by atoms with E-state index in [2.05, 4.69) is 15.4 Å². The molecule has 14 heteroatoms. The number of hydroxylamine groups is 2. The van der Waals surface area contributed by atoms with E-state index in [9.17, 15) is 18.0 Å². The standard InChI is InChI=1S/C25H23Cl2F3N6O3/c1-38-20-12-17(9-10-19(20)34-13-21(27)31-14-34)32-24-33-35-11-3-2-4-18(15-5-7-16(26)8-6-15)22(35)36(24)39-23(37)25(28,29)30/h5-10,12-14,18,22H,2-4,11H2,1H3,(H,32,33). The average Bonchev–Trinajstić information content (AvgIpc) is 3.40. The lowest BCUT2D eigenvalue weighted by Gasteiger charge is -2.32. The maximum atomic E-state index is 13.3. The molecular weight excluding hydrogens is 560 g/mol. The number of methoxy groups -OCH3 is 1.